The second-order valence-corrected chi connectivity index (χ2v) is 4.64. The molecule has 0 aliphatic carbocycles. The van der Waals surface area contributed by atoms with Gasteiger partial charge in [0.1, 0.15) is 11.6 Å². The third-order valence-corrected chi connectivity index (χ3v) is 2.43. The number of methoxy groups -OCH3 is 1. The van der Waals surface area contributed by atoms with Gasteiger partial charge in [0.05, 0.1) is 0 Å². The summed E-state index contributed by atoms with van der Waals surface area (Å²) in [6, 6.07) is 0. The van der Waals surface area contributed by atoms with Gasteiger partial charge in [0, 0.05) is 13.5 Å². The molecule has 15 heavy (non-hydrogen) atoms. The minimum atomic E-state index is -0.204. The van der Waals surface area contributed by atoms with Crippen LogP contribution in [-0.2, 0) is 16.0 Å². The maximum atomic E-state index is 11.1. The Balaban J connectivity index is 2.49. The van der Waals surface area contributed by atoms with Crippen LogP contribution in [0, 0.1) is 5.92 Å². The van der Waals surface area contributed by atoms with Crippen molar-refractivity contribution >= 4 is 22.4 Å². The average molecular weight is 229 g/mol. The molecule has 1 rings (SSSR count). The van der Waals surface area contributed by atoms with Crippen molar-refractivity contribution in [3.8, 4) is 0 Å². The van der Waals surface area contributed by atoms with E-state index >= 15 is 0 Å². The smallest absolute Gasteiger partial charge is 0.252 e. The summed E-state index contributed by atoms with van der Waals surface area (Å²) in [5, 5.41) is 11.9. The molecule has 0 radical (unpaired) electrons. The van der Waals surface area contributed by atoms with Crippen molar-refractivity contribution in [3.63, 3.8) is 0 Å². The van der Waals surface area contributed by atoms with Crippen molar-refractivity contribution in [3.05, 3.63) is 5.01 Å². The first-order valence-electron chi connectivity index (χ1n) is 4.73. The summed E-state index contributed by atoms with van der Waals surface area (Å²) in [6.07, 6.45) is 0.887. The number of hydrogen-bond donors (Lipinski definition) is 1. The number of carbonyl (C=O) groups excluding carboxylic acids is 1. The lowest BCUT2D eigenvalue weighted by molar-refractivity contribution is -0.119. The van der Waals surface area contributed by atoms with Gasteiger partial charge in [-0.25, -0.2) is 0 Å². The third kappa shape index (κ3) is 4.35. The van der Waals surface area contributed by atoms with Gasteiger partial charge >= 0.3 is 0 Å². The summed E-state index contributed by atoms with van der Waals surface area (Å²) >= 11 is 1.41. The molecule has 0 atom stereocenters. The van der Waals surface area contributed by atoms with Crippen LogP contribution in [0.2, 0.25) is 0 Å². The van der Waals surface area contributed by atoms with Gasteiger partial charge in [0.2, 0.25) is 5.13 Å². The molecule has 5 nitrogen and oxygen atoms in total. The zero-order valence-electron chi connectivity index (χ0n) is 9.11. The molecule has 1 heterocycles. The first-order chi connectivity index (χ1) is 7.11. The van der Waals surface area contributed by atoms with Crippen LogP contribution in [0.4, 0.5) is 5.13 Å². The number of nitrogens with one attached hydrogen (secondary N) is 1. The summed E-state index contributed by atoms with van der Waals surface area (Å²) in [5.74, 6) is 0.338. The Morgan fingerprint density at radius 3 is 2.87 bits per heavy atom. The molecule has 0 aromatic carbocycles. The summed E-state index contributed by atoms with van der Waals surface area (Å²) in [6.45, 7) is 4.27. The maximum absolute atomic E-state index is 11.1. The van der Waals surface area contributed by atoms with Gasteiger partial charge in [-0.3, -0.25) is 10.1 Å². The van der Waals surface area contributed by atoms with Crippen molar-refractivity contribution in [2.75, 3.05) is 19.0 Å². The molecule has 0 bridgehead atoms. The Kier molecular flexibility index (Phi) is 4.64. The lowest BCUT2D eigenvalue weighted by Crippen LogP contribution is -2.16. The van der Waals surface area contributed by atoms with E-state index in [2.05, 4.69) is 29.4 Å². The molecular weight excluding hydrogens is 214 g/mol. The van der Waals surface area contributed by atoms with Crippen molar-refractivity contribution < 1.29 is 9.53 Å². The van der Waals surface area contributed by atoms with Crippen LogP contribution in [0.15, 0.2) is 0 Å². The highest BCUT2D eigenvalue weighted by molar-refractivity contribution is 7.15. The van der Waals surface area contributed by atoms with E-state index in [-0.39, 0.29) is 12.5 Å². The number of hydrogen-bond acceptors (Lipinski definition) is 5. The minimum absolute atomic E-state index is 0.0408. The molecule has 0 aliphatic heterocycles. The Morgan fingerprint density at radius 2 is 2.27 bits per heavy atom. The molecule has 1 aromatic rings. The van der Waals surface area contributed by atoms with E-state index < -0.39 is 0 Å². The van der Waals surface area contributed by atoms with Gasteiger partial charge in [-0.05, 0) is 5.92 Å². The molecule has 0 spiro atoms. The molecule has 0 aliphatic rings. The van der Waals surface area contributed by atoms with Crippen LogP contribution in [0.3, 0.4) is 0 Å². The van der Waals surface area contributed by atoms with Crippen molar-refractivity contribution in [2.45, 2.75) is 20.3 Å². The standard InChI is InChI=1S/C9H15N3O2S/c1-6(2)4-8-11-12-9(15-8)10-7(13)5-14-3/h6H,4-5H2,1-3H3,(H,10,12,13). The van der Waals surface area contributed by atoms with Crippen LogP contribution in [0.5, 0.6) is 0 Å². The Hall–Kier alpha value is -1.01. The Labute approximate surface area is 92.9 Å². The van der Waals surface area contributed by atoms with E-state index in [4.69, 9.17) is 4.74 Å². The van der Waals surface area contributed by atoms with E-state index in [1.165, 1.54) is 18.4 Å². The van der Waals surface area contributed by atoms with E-state index in [1.54, 1.807) is 0 Å². The predicted molar refractivity (Wildman–Crippen MR) is 59.0 cm³/mol. The fraction of sp³-hybridized carbons (Fsp3) is 0.667. The number of aromatic nitrogens is 2. The van der Waals surface area contributed by atoms with Gasteiger partial charge < -0.3 is 4.74 Å². The van der Waals surface area contributed by atoms with E-state index in [1.807, 2.05) is 0 Å². The molecule has 6 heteroatoms. The average Bonchev–Trinajstić information content (AvgIpc) is 2.51. The SMILES string of the molecule is COCC(=O)Nc1nnc(CC(C)C)s1. The second-order valence-electron chi connectivity index (χ2n) is 3.58. The molecule has 0 fully saturated rings. The number of nitrogens with zero attached hydrogens (tertiary/aromatic N) is 2. The normalized spacial score (nSPS) is 10.7. The van der Waals surface area contributed by atoms with Gasteiger partial charge in [-0.1, -0.05) is 25.2 Å². The van der Waals surface area contributed by atoms with Gasteiger partial charge in [0.25, 0.3) is 5.91 Å². The van der Waals surface area contributed by atoms with Gasteiger partial charge in [0.15, 0.2) is 0 Å². The van der Waals surface area contributed by atoms with Crippen molar-refractivity contribution in [2.24, 2.45) is 5.92 Å². The zero-order valence-corrected chi connectivity index (χ0v) is 9.93. The van der Waals surface area contributed by atoms with Crippen LogP contribution < -0.4 is 5.32 Å². The molecule has 1 aromatic heterocycles. The van der Waals surface area contributed by atoms with Gasteiger partial charge in [-0.2, -0.15) is 0 Å². The first-order valence-corrected chi connectivity index (χ1v) is 5.54. The number of amides is 1. The van der Waals surface area contributed by atoms with Crippen LogP contribution in [-0.4, -0.2) is 29.8 Å². The third-order valence-electron chi connectivity index (χ3n) is 1.57. The Morgan fingerprint density at radius 1 is 1.53 bits per heavy atom. The minimum Gasteiger partial charge on any atom is -0.375 e. The predicted octanol–water partition coefficient (Wildman–Crippen LogP) is 1.32. The lowest BCUT2D eigenvalue weighted by atomic mass is 10.1. The summed E-state index contributed by atoms with van der Waals surface area (Å²) in [4.78, 5) is 11.1. The highest BCUT2D eigenvalue weighted by Crippen LogP contribution is 2.17. The van der Waals surface area contributed by atoms with Crippen LogP contribution >= 0.6 is 11.3 Å². The molecule has 0 saturated heterocycles. The highest BCUT2D eigenvalue weighted by Gasteiger charge is 2.08. The molecule has 0 saturated carbocycles. The van der Waals surface area contributed by atoms with E-state index in [0.29, 0.717) is 11.0 Å². The summed E-state index contributed by atoms with van der Waals surface area (Å²) in [5.41, 5.74) is 0. The number of rotatable bonds is 5. The number of anilines is 1. The monoisotopic (exact) mass is 229 g/mol. The molecular formula is C9H15N3O2S. The summed E-state index contributed by atoms with van der Waals surface area (Å²) in [7, 11) is 1.48. The molecule has 84 valence electrons. The van der Waals surface area contributed by atoms with E-state index in [0.717, 1.165) is 11.4 Å². The topological polar surface area (TPSA) is 64.1 Å². The quantitative estimate of drug-likeness (QED) is 0.827. The number of ether oxygens (including phenoxy) is 1. The molecule has 1 N–H and O–H groups in total. The highest BCUT2D eigenvalue weighted by atomic mass is 32.1. The van der Waals surface area contributed by atoms with E-state index in [9.17, 15) is 4.79 Å². The molecule has 0 unspecified atom stereocenters. The largest absolute Gasteiger partial charge is 0.375 e. The van der Waals surface area contributed by atoms with Crippen molar-refractivity contribution in [1.29, 1.82) is 0 Å². The van der Waals surface area contributed by atoms with Crippen LogP contribution in [0.1, 0.15) is 18.9 Å². The second kappa shape index (κ2) is 5.77. The van der Waals surface area contributed by atoms with Crippen LogP contribution in [0.25, 0.3) is 0 Å². The van der Waals surface area contributed by atoms with Crippen molar-refractivity contribution in [1.82, 2.24) is 10.2 Å². The first kappa shape index (κ1) is 12.1. The fourth-order valence-electron chi connectivity index (χ4n) is 1.02. The zero-order chi connectivity index (χ0) is 11.3. The Bertz CT molecular complexity index is 325. The summed E-state index contributed by atoms with van der Waals surface area (Å²) < 4.78 is 4.69. The fourth-order valence-corrected chi connectivity index (χ4v) is 1.99. The maximum Gasteiger partial charge on any atom is 0.252 e. The van der Waals surface area contributed by atoms with Gasteiger partial charge in [-0.15, -0.1) is 10.2 Å². The molecule has 1 amide bonds. The number of carbonyl (C=O) groups is 1. The lowest BCUT2D eigenvalue weighted by Gasteiger charge is -1.98.